The molecule has 1 aliphatic heterocycles. The van der Waals surface area contributed by atoms with Crippen LogP contribution in [0.2, 0.25) is 0 Å². The Bertz CT molecular complexity index is 766. The quantitative estimate of drug-likeness (QED) is 0.625. The van der Waals surface area contributed by atoms with Gasteiger partial charge < -0.3 is 0 Å². The molecule has 4 heteroatoms. The van der Waals surface area contributed by atoms with Gasteiger partial charge in [-0.25, -0.2) is 0 Å². The third kappa shape index (κ3) is 2.99. The third-order valence-corrected chi connectivity index (χ3v) is 5.39. The number of nitriles is 1. The monoisotopic (exact) mass is 418 g/mol. The predicted molar refractivity (Wildman–Crippen MR) is 99.2 cm³/mol. The first kappa shape index (κ1) is 16.4. The summed E-state index contributed by atoms with van der Waals surface area (Å²) < 4.78 is 1.14. The minimum absolute atomic E-state index is 0.0597. The van der Waals surface area contributed by atoms with E-state index in [0.717, 1.165) is 32.5 Å². The van der Waals surface area contributed by atoms with Crippen LogP contribution in [-0.4, -0.2) is 11.5 Å². The van der Waals surface area contributed by atoms with Crippen LogP contribution in [0.15, 0.2) is 40.5 Å². The van der Waals surface area contributed by atoms with E-state index in [1.807, 2.05) is 31.2 Å². The fourth-order valence-electron chi connectivity index (χ4n) is 3.64. The van der Waals surface area contributed by atoms with Crippen molar-refractivity contribution < 1.29 is 4.79 Å². The molecule has 0 amide bonds. The average molecular weight is 418 g/mol. The van der Waals surface area contributed by atoms with Crippen LogP contribution in [0.4, 0.5) is 0 Å². The number of carbonyl (C=O) groups excluding carboxylic acids is 1. The van der Waals surface area contributed by atoms with Gasteiger partial charge in [0.25, 0.3) is 0 Å². The molecule has 0 radical (unpaired) electrons. The van der Waals surface area contributed by atoms with Gasteiger partial charge in [-0.3, -0.25) is 9.79 Å². The van der Waals surface area contributed by atoms with Gasteiger partial charge in [0.05, 0.1) is 12.0 Å². The summed E-state index contributed by atoms with van der Waals surface area (Å²) in [6.07, 6.45) is 1.32. The van der Waals surface area contributed by atoms with E-state index in [1.165, 1.54) is 0 Å². The van der Waals surface area contributed by atoms with Crippen molar-refractivity contribution in [3.63, 3.8) is 0 Å². The number of hydrogen-bond acceptors (Lipinski definition) is 3. The highest BCUT2D eigenvalue weighted by atomic mass is 127. The first-order chi connectivity index (χ1) is 10.8. The minimum atomic E-state index is -0.362. The number of Topliss-reactive ketones (excluding diaryl/α,β-unsaturated/α-hetero) is 1. The molecule has 2 aliphatic rings. The van der Waals surface area contributed by atoms with E-state index < -0.39 is 0 Å². The predicted octanol–water partition coefficient (Wildman–Crippen LogP) is 4.63. The van der Waals surface area contributed by atoms with E-state index in [4.69, 9.17) is 0 Å². The summed E-state index contributed by atoms with van der Waals surface area (Å²) in [4.78, 5) is 17.5. The first-order valence-corrected chi connectivity index (χ1v) is 8.87. The van der Waals surface area contributed by atoms with Gasteiger partial charge in [-0.15, -0.1) is 0 Å². The molecule has 0 aromatic heterocycles. The van der Waals surface area contributed by atoms with Crippen LogP contribution >= 0.6 is 22.6 Å². The molecule has 1 aromatic carbocycles. The van der Waals surface area contributed by atoms with Crippen LogP contribution in [0.25, 0.3) is 0 Å². The van der Waals surface area contributed by atoms with E-state index >= 15 is 0 Å². The van der Waals surface area contributed by atoms with Gasteiger partial charge in [0.15, 0.2) is 5.78 Å². The van der Waals surface area contributed by atoms with Gasteiger partial charge in [-0.2, -0.15) is 5.26 Å². The highest BCUT2D eigenvalue weighted by Crippen LogP contribution is 2.47. The highest BCUT2D eigenvalue weighted by Gasteiger charge is 2.42. The summed E-state index contributed by atoms with van der Waals surface area (Å²) in [6, 6.07) is 10.5. The Morgan fingerprint density at radius 2 is 1.91 bits per heavy atom. The van der Waals surface area contributed by atoms with Crippen molar-refractivity contribution in [2.75, 3.05) is 0 Å². The molecule has 0 N–H and O–H groups in total. The highest BCUT2D eigenvalue weighted by molar-refractivity contribution is 14.1. The Kier molecular flexibility index (Phi) is 4.18. The van der Waals surface area contributed by atoms with E-state index in [9.17, 15) is 10.1 Å². The fraction of sp³-hybridized carbons (Fsp3) is 0.421. The van der Waals surface area contributed by atoms with Crippen molar-refractivity contribution in [1.82, 2.24) is 0 Å². The lowest BCUT2D eigenvalue weighted by molar-refractivity contribution is -0.118. The number of allylic oxidation sites excluding steroid dienone is 2. The number of halogens is 1. The molecule has 0 saturated carbocycles. The number of carbonyl (C=O) groups is 1. The molecule has 0 saturated heterocycles. The zero-order chi connectivity index (χ0) is 16.8. The van der Waals surface area contributed by atoms with Crippen molar-refractivity contribution in [2.24, 2.45) is 16.3 Å². The fourth-order valence-corrected chi connectivity index (χ4v) is 4.00. The molecule has 0 bridgehead atoms. The van der Waals surface area contributed by atoms with E-state index in [1.54, 1.807) is 0 Å². The van der Waals surface area contributed by atoms with Gasteiger partial charge in [0.1, 0.15) is 0 Å². The molecule has 2 atom stereocenters. The van der Waals surface area contributed by atoms with Gasteiger partial charge in [-0.05, 0) is 59.0 Å². The van der Waals surface area contributed by atoms with E-state index in [-0.39, 0.29) is 23.0 Å². The molecule has 3 rings (SSSR count). The van der Waals surface area contributed by atoms with Crippen LogP contribution in [0, 0.1) is 26.2 Å². The molecule has 1 aromatic rings. The van der Waals surface area contributed by atoms with E-state index in [0.29, 0.717) is 6.42 Å². The molecular weight excluding hydrogens is 399 g/mol. The zero-order valence-corrected chi connectivity index (χ0v) is 15.7. The van der Waals surface area contributed by atoms with Crippen molar-refractivity contribution in [1.29, 1.82) is 5.26 Å². The number of hydrogen-bond donors (Lipinski definition) is 0. The third-order valence-electron chi connectivity index (χ3n) is 4.67. The van der Waals surface area contributed by atoms with Crippen LogP contribution in [0.1, 0.15) is 45.1 Å². The summed E-state index contributed by atoms with van der Waals surface area (Å²) in [5.74, 6) is -0.400. The maximum Gasteiger partial charge on any atom is 0.161 e. The Labute approximate surface area is 150 Å². The molecule has 23 heavy (non-hydrogen) atoms. The molecule has 0 fully saturated rings. The van der Waals surface area contributed by atoms with Gasteiger partial charge >= 0.3 is 0 Å². The van der Waals surface area contributed by atoms with Crippen LogP contribution in [-0.2, 0) is 4.79 Å². The summed E-state index contributed by atoms with van der Waals surface area (Å²) in [5.41, 5.74) is 3.45. The lowest BCUT2D eigenvalue weighted by Crippen LogP contribution is -2.35. The summed E-state index contributed by atoms with van der Waals surface area (Å²) >= 11 is 2.26. The van der Waals surface area contributed by atoms with Crippen molar-refractivity contribution in [2.45, 2.75) is 39.5 Å². The Morgan fingerprint density at radius 1 is 1.26 bits per heavy atom. The van der Waals surface area contributed by atoms with Crippen molar-refractivity contribution in [3.05, 3.63) is 44.7 Å². The molecule has 3 nitrogen and oxygen atoms in total. The molecular formula is C19H19IN2O. The largest absolute Gasteiger partial charge is 0.294 e. The lowest BCUT2D eigenvalue weighted by Gasteiger charge is -2.37. The topological polar surface area (TPSA) is 53.2 Å². The number of ketones is 1. The summed E-state index contributed by atoms with van der Waals surface area (Å²) in [6.45, 7) is 6.12. The van der Waals surface area contributed by atoms with Gasteiger partial charge in [0.2, 0.25) is 0 Å². The Morgan fingerprint density at radius 3 is 2.52 bits per heavy atom. The van der Waals surface area contributed by atoms with Crippen molar-refractivity contribution >= 4 is 34.1 Å². The molecule has 1 unspecified atom stereocenters. The summed E-state index contributed by atoms with van der Waals surface area (Å²) in [7, 11) is 0. The molecule has 0 spiro atoms. The van der Waals surface area contributed by atoms with E-state index in [2.05, 4.69) is 47.5 Å². The zero-order valence-electron chi connectivity index (χ0n) is 13.6. The van der Waals surface area contributed by atoms with Gasteiger partial charge in [0, 0.05) is 32.9 Å². The smallest absolute Gasteiger partial charge is 0.161 e. The molecule has 1 aliphatic carbocycles. The second kappa shape index (κ2) is 5.86. The average Bonchev–Trinajstić information content (AvgIpc) is 2.45. The van der Waals surface area contributed by atoms with Gasteiger partial charge in [-0.1, -0.05) is 26.0 Å². The van der Waals surface area contributed by atoms with Crippen LogP contribution in [0.5, 0.6) is 0 Å². The standard InChI is InChI=1S/C19H19IN2O/c1-11-14(10-21)17(12-4-6-13(20)7-5-12)18-15(22-11)8-19(2,3)9-16(18)23/h4-7,14,17H,8-9H2,1-3H3/t14?,17-/m0/s1. The number of rotatable bonds is 1. The normalized spacial score (nSPS) is 26.4. The Hall–Kier alpha value is -1.48. The van der Waals surface area contributed by atoms with Crippen LogP contribution in [0.3, 0.4) is 0 Å². The number of benzene rings is 1. The number of nitrogens with zero attached hydrogens (tertiary/aromatic N) is 2. The second-order valence-electron chi connectivity index (χ2n) is 7.19. The maximum absolute atomic E-state index is 12.8. The minimum Gasteiger partial charge on any atom is -0.294 e. The lowest BCUT2D eigenvalue weighted by atomic mass is 9.67. The molecule has 118 valence electrons. The first-order valence-electron chi connectivity index (χ1n) is 7.79. The van der Waals surface area contributed by atoms with Crippen LogP contribution < -0.4 is 0 Å². The maximum atomic E-state index is 12.8. The SMILES string of the molecule is CC1=NC2=C(C(=O)CC(C)(C)C2)[C@@H](c2ccc(I)cc2)C1C#N. The summed E-state index contributed by atoms with van der Waals surface area (Å²) in [5, 5.41) is 9.66. The molecule has 1 heterocycles. The van der Waals surface area contributed by atoms with Crippen molar-refractivity contribution in [3.8, 4) is 6.07 Å². The second-order valence-corrected chi connectivity index (χ2v) is 8.44. The Balaban J connectivity index is 2.17. The number of aliphatic imine (C=N–C) groups is 1.